The fourth-order valence-electron chi connectivity index (χ4n) is 4.25. The van der Waals surface area contributed by atoms with E-state index in [-0.39, 0.29) is 12.1 Å². The average Bonchev–Trinajstić information content (AvgIpc) is 2.60. The molecule has 0 atom stereocenters. The zero-order valence-electron chi connectivity index (χ0n) is 14.9. The molecule has 0 saturated heterocycles. The zero-order chi connectivity index (χ0) is 17.6. The van der Waals surface area contributed by atoms with Gasteiger partial charge in [-0.15, -0.1) is 0 Å². The van der Waals surface area contributed by atoms with Crippen LogP contribution < -0.4 is 30.6 Å². The van der Waals surface area contributed by atoms with E-state index in [2.05, 4.69) is 32.9 Å². The standard InChI is InChI=1S/C22H17BO3/c1-22(2,3)12-10-17-21-18(11-12)26-16-9-5-7-14-20(16)23(21)19-13(24-14)6-4-8-15(19)25-17/h4-11H,1-3H3. The highest BCUT2D eigenvalue weighted by Gasteiger charge is 2.46. The molecule has 3 heterocycles. The average molecular weight is 340 g/mol. The van der Waals surface area contributed by atoms with Gasteiger partial charge in [-0.05, 0) is 47.4 Å². The van der Waals surface area contributed by atoms with Crippen molar-refractivity contribution in [3.63, 3.8) is 0 Å². The van der Waals surface area contributed by atoms with Crippen LogP contribution in [0, 0.1) is 0 Å². The lowest BCUT2D eigenvalue weighted by Crippen LogP contribution is -2.59. The largest absolute Gasteiger partial charge is 0.458 e. The van der Waals surface area contributed by atoms with Crippen LogP contribution in [0.15, 0.2) is 48.5 Å². The molecule has 3 aliphatic heterocycles. The van der Waals surface area contributed by atoms with E-state index in [9.17, 15) is 0 Å². The highest BCUT2D eigenvalue weighted by Crippen LogP contribution is 2.43. The second kappa shape index (κ2) is 4.45. The maximum absolute atomic E-state index is 6.33. The Bertz CT molecular complexity index is 1030. The summed E-state index contributed by atoms with van der Waals surface area (Å²) in [5, 5.41) is 0. The summed E-state index contributed by atoms with van der Waals surface area (Å²) in [6.07, 6.45) is 0. The molecule has 3 aromatic rings. The SMILES string of the molecule is CC(C)(C)c1cc2c3c(c1)Oc1cccc4c1B3c1c(cccc1O2)O4. The van der Waals surface area contributed by atoms with Crippen molar-refractivity contribution < 1.29 is 14.2 Å². The summed E-state index contributed by atoms with van der Waals surface area (Å²) < 4.78 is 18.8. The van der Waals surface area contributed by atoms with E-state index in [0.717, 1.165) is 50.9 Å². The van der Waals surface area contributed by atoms with Crippen LogP contribution in [0.5, 0.6) is 34.5 Å². The van der Waals surface area contributed by atoms with Crippen molar-refractivity contribution in [3.05, 3.63) is 54.1 Å². The molecule has 0 fully saturated rings. The van der Waals surface area contributed by atoms with Crippen molar-refractivity contribution in [2.75, 3.05) is 0 Å². The number of rotatable bonds is 0. The molecule has 3 aliphatic rings. The van der Waals surface area contributed by atoms with Gasteiger partial charge in [0.2, 0.25) is 0 Å². The van der Waals surface area contributed by atoms with E-state index in [4.69, 9.17) is 14.2 Å². The molecule has 0 aliphatic carbocycles. The Morgan fingerprint density at radius 2 is 1.00 bits per heavy atom. The van der Waals surface area contributed by atoms with Crippen LogP contribution in [-0.4, -0.2) is 6.71 Å². The summed E-state index contributed by atoms with van der Waals surface area (Å²) in [6.45, 7) is 6.72. The van der Waals surface area contributed by atoms with E-state index in [0.29, 0.717) is 0 Å². The minimum atomic E-state index is 0.0121. The van der Waals surface area contributed by atoms with Gasteiger partial charge >= 0.3 is 0 Å². The molecule has 0 radical (unpaired) electrons. The van der Waals surface area contributed by atoms with E-state index in [1.54, 1.807) is 0 Å². The summed E-state index contributed by atoms with van der Waals surface area (Å²) >= 11 is 0. The van der Waals surface area contributed by atoms with E-state index in [1.165, 1.54) is 5.56 Å². The predicted octanol–water partition coefficient (Wildman–Crippen LogP) is 3.82. The third-order valence-corrected chi connectivity index (χ3v) is 5.55. The maximum Gasteiger partial charge on any atom is 0.270 e. The third-order valence-electron chi connectivity index (χ3n) is 5.55. The number of ether oxygens (including phenoxy) is 3. The van der Waals surface area contributed by atoms with Crippen LogP contribution in [0.3, 0.4) is 0 Å². The highest BCUT2D eigenvalue weighted by molar-refractivity contribution is 6.99. The normalized spacial score (nSPS) is 14.8. The molecule has 0 spiro atoms. The van der Waals surface area contributed by atoms with Crippen LogP contribution in [-0.2, 0) is 5.41 Å². The Morgan fingerprint density at radius 1 is 0.615 bits per heavy atom. The lowest BCUT2D eigenvalue weighted by Gasteiger charge is -2.38. The van der Waals surface area contributed by atoms with Gasteiger partial charge in [0.05, 0.1) is 0 Å². The first-order valence-corrected chi connectivity index (χ1v) is 8.98. The Morgan fingerprint density at radius 3 is 1.42 bits per heavy atom. The van der Waals surface area contributed by atoms with Crippen LogP contribution in [0.25, 0.3) is 0 Å². The van der Waals surface area contributed by atoms with E-state index in [1.807, 2.05) is 36.4 Å². The van der Waals surface area contributed by atoms with Gasteiger partial charge in [0.25, 0.3) is 6.71 Å². The van der Waals surface area contributed by atoms with Gasteiger partial charge in [-0.1, -0.05) is 32.9 Å². The molecular formula is C22H17BO3. The smallest absolute Gasteiger partial charge is 0.270 e. The maximum atomic E-state index is 6.33. The Hall–Kier alpha value is -2.88. The van der Waals surface area contributed by atoms with Crippen molar-refractivity contribution in [2.24, 2.45) is 0 Å². The fourth-order valence-corrected chi connectivity index (χ4v) is 4.25. The lowest BCUT2D eigenvalue weighted by atomic mass is 9.34. The first-order valence-electron chi connectivity index (χ1n) is 8.98. The second-order valence-corrected chi connectivity index (χ2v) is 8.21. The molecule has 0 aromatic heterocycles. The topological polar surface area (TPSA) is 27.7 Å². The first-order chi connectivity index (χ1) is 12.5. The zero-order valence-corrected chi connectivity index (χ0v) is 14.9. The van der Waals surface area contributed by atoms with Crippen LogP contribution in [0.4, 0.5) is 0 Å². The number of hydrogen-bond donors (Lipinski definition) is 0. The summed E-state index contributed by atoms with van der Waals surface area (Å²) in [7, 11) is 0. The van der Waals surface area contributed by atoms with Gasteiger partial charge in [-0.2, -0.15) is 0 Å². The van der Waals surface area contributed by atoms with Gasteiger partial charge in [0, 0.05) is 16.4 Å². The van der Waals surface area contributed by atoms with Gasteiger partial charge in [0.1, 0.15) is 34.5 Å². The lowest BCUT2D eigenvalue weighted by molar-refractivity contribution is 0.439. The Labute approximate surface area is 152 Å². The summed E-state index contributed by atoms with van der Waals surface area (Å²) in [5.41, 5.74) is 4.54. The van der Waals surface area contributed by atoms with Gasteiger partial charge < -0.3 is 14.2 Å². The third kappa shape index (κ3) is 1.69. The molecule has 0 bridgehead atoms. The molecule has 0 unspecified atom stereocenters. The molecule has 4 heteroatoms. The molecule has 26 heavy (non-hydrogen) atoms. The molecule has 0 amide bonds. The molecule has 6 rings (SSSR count). The number of hydrogen-bond acceptors (Lipinski definition) is 3. The number of benzene rings is 3. The summed E-state index contributed by atoms with van der Waals surface area (Å²) in [6, 6.07) is 16.4. The predicted molar refractivity (Wildman–Crippen MR) is 103 cm³/mol. The minimum absolute atomic E-state index is 0.0121. The van der Waals surface area contributed by atoms with Crippen molar-refractivity contribution in [1.82, 2.24) is 0 Å². The van der Waals surface area contributed by atoms with Crippen molar-refractivity contribution in [2.45, 2.75) is 26.2 Å². The Balaban J connectivity index is 1.72. The molecule has 0 saturated carbocycles. The van der Waals surface area contributed by atoms with E-state index < -0.39 is 0 Å². The van der Waals surface area contributed by atoms with Crippen molar-refractivity contribution in [3.8, 4) is 34.5 Å². The quantitative estimate of drug-likeness (QED) is 0.394. The fraction of sp³-hybridized carbons (Fsp3) is 0.182. The molecular weight excluding hydrogens is 323 g/mol. The molecule has 3 aromatic carbocycles. The van der Waals surface area contributed by atoms with Crippen LogP contribution in [0.1, 0.15) is 26.3 Å². The van der Waals surface area contributed by atoms with Crippen molar-refractivity contribution in [1.29, 1.82) is 0 Å². The molecule has 0 N–H and O–H groups in total. The van der Waals surface area contributed by atoms with Gasteiger partial charge in [0.15, 0.2) is 0 Å². The van der Waals surface area contributed by atoms with Crippen LogP contribution in [0.2, 0.25) is 0 Å². The van der Waals surface area contributed by atoms with Crippen molar-refractivity contribution >= 4 is 23.1 Å². The van der Waals surface area contributed by atoms with Gasteiger partial charge in [-0.3, -0.25) is 0 Å². The molecule has 126 valence electrons. The minimum Gasteiger partial charge on any atom is -0.458 e. The van der Waals surface area contributed by atoms with Gasteiger partial charge in [-0.25, -0.2) is 0 Å². The first kappa shape index (κ1) is 14.3. The summed E-state index contributed by atoms with van der Waals surface area (Å²) in [4.78, 5) is 0. The summed E-state index contributed by atoms with van der Waals surface area (Å²) in [5.74, 6) is 5.28. The Kier molecular flexibility index (Phi) is 2.45. The van der Waals surface area contributed by atoms with E-state index >= 15 is 0 Å². The van der Waals surface area contributed by atoms with Crippen LogP contribution >= 0.6 is 0 Å². The molecule has 3 nitrogen and oxygen atoms in total. The monoisotopic (exact) mass is 340 g/mol. The highest BCUT2D eigenvalue weighted by atomic mass is 16.5. The second-order valence-electron chi connectivity index (χ2n) is 8.21.